The molecule has 4 nitrogen and oxygen atoms in total. The highest BCUT2D eigenvalue weighted by Gasteiger charge is 2.27. The number of aryl methyl sites for hydroxylation is 1. The molecule has 1 unspecified atom stereocenters. The predicted octanol–water partition coefficient (Wildman–Crippen LogP) is 5.81. The van der Waals surface area contributed by atoms with Gasteiger partial charge in [-0.25, -0.2) is 4.99 Å². The van der Waals surface area contributed by atoms with Gasteiger partial charge in [0.05, 0.1) is 0 Å². The van der Waals surface area contributed by atoms with Gasteiger partial charge in [0, 0.05) is 51.4 Å². The molecule has 0 amide bonds. The van der Waals surface area contributed by atoms with Crippen molar-refractivity contribution in [3.63, 3.8) is 0 Å². The van der Waals surface area contributed by atoms with Crippen molar-refractivity contribution in [2.75, 3.05) is 52.4 Å². The Morgan fingerprint density at radius 1 is 1.00 bits per heavy atom. The van der Waals surface area contributed by atoms with E-state index in [1.165, 1.54) is 27.8 Å². The van der Waals surface area contributed by atoms with E-state index >= 15 is 0 Å². The van der Waals surface area contributed by atoms with Gasteiger partial charge in [-0.05, 0) is 66.8 Å². The molecule has 1 saturated heterocycles. The molecule has 1 aliphatic carbocycles. The fourth-order valence-electron chi connectivity index (χ4n) is 5.46. The van der Waals surface area contributed by atoms with Gasteiger partial charge in [0.15, 0.2) is 0 Å². The number of hydrogen-bond donors (Lipinski definition) is 0. The lowest BCUT2D eigenvalue weighted by Crippen LogP contribution is -2.49. The fourth-order valence-corrected chi connectivity index (χ4v) is 5.46. The highest BCUT2D eigenvalue weighted by atomic mass is 15.3. The van der Waals surface area contributed by atoms with Crippen LogP contribution < -0.4 is 0 Å². The van der Waals surface area contributed by atoms with Crippen molar-refractivity contribution in [3.8, 4) is 0 Å². The quantitative estimate of drug-likeness (QED) is 0.377. The van der Waals surface area contributed by atoms with Gasteiger partial charge in [-0.1, -0.05) is 69.0 Å². The summed E-state index contributed by atoms with van der Waals surface area (Å²) in [7, 11) is 0. The third kappa shape index (κ3) is 5.94. The van der Waals surface area contributed by atoms with Crippen LogP contribution in [0, 0.1) is 6.92 Å². The minimum Gasteiger partial charge on any atom is -0.358 e. The second-order valence-electron chi connectivity index (χ2n) is 9.87. The van der Waals surface area contributed by atoms with Crippen molar-refractivity contribution in [3.05, 3.63) is 89.1 Å². The Bertz CT molecular complexity index is 1070. The number of likely N-dealkylation sites (N-methyl/N-ethyl adjacent to an activating group) is 1. The van der Waals surface area contributed by atoms with E-state index in [9.17, 15) is 0 Å². The number of aliphatic imine (C=N–C) groups is 1. The predicted molar refractivity (Wildman–Crippen MR) is 150 cm³/mol. The van der Waals surface area contributed by atoms with Crippen LogP contribution in [0.2, 0.25) is 0 Å². The molecule has 1 heterocycles. The Morgan fingerprint density at radius 3 is 2.34 bits per heavy atom. The van der Waals surface area contributed by atoms with Gasteiger partial charge in [-0.2, -0.15) is 0 Å². The lowest BCUT2D eigenvalue weighted by molar-refractivity contribution is 0.158. The smallest absolute Gasteiger partial charge is 0.101 e. The Kier molecular flexibility index (Phi) is 8.59. The van der Waals surface area contributed by atoms with Gasteiger partial charge in [-0.15, -0.1) is 0 Å². The molecule has 1 fully saturated rings. The van der Waals surface area contributed by atoms with Crippen LogP contribution in [0.5, 0.6) is 0 Å². The SMILES string of the molecule is C=C1/C(=C\N=C(/C)N2CCN(CCN(CC)CC)CC2)CC(c2ccccc2C)c2ccccc21. The molecule has 0 saturated carbocycles. The van der Waals surface area contributed by atoms with E-state index in [4.69, 9.17) is 4.99 Å². The summed E-state index contributed by atoms with van der Waals surface area (Å²) in [6, 6.07) is 17.5. The van der Waals surface area contributed by atoms with Crippen molar-refractivity contribution in [1.82, 2.24) is 14.7 Å². The molecule has 0 radical (unpaired) electrons. The van der Waals surface area contributed by atoms with E-state index in [1.54, 1.807) is 0 Å². The van der Waals surface area contributed by atoms with Gasteiger partial charge < -0.3 is 9.80 Å². The van der Waals surface area contributed by atoms with Gasteiger partial charge in [0.25, 0.3) is 0 Å². The summed E-state index contributed by atoms with van der Waals surface area (Å²) in [5.41, 5.74) is 7.74. The zero-order valence-electron chi connectivity index (χ0n) is 22.1. The number of allylic oxidation sites excluding steroid dienone is 2. The second-order valence-corrected chi connectivity index (χ2v) is 9.87. The summed E-state index contributed by atoms with van der Waals surface area (Å²) < 4.78 is 0. The zero-order chi connectivity index (χ0) is 24.8. The molecule has 4 rings (SSSR count). The molecule has 0 N–H and O–H groups in total. The van der Waals surface area contributed by atoms with Crippen molar-refractivity contribution in [2.45, 2.75) is 40.0 Å². The molecule has 2 aromatic carbocycles. The van der Waals surface area contributed by atoms with Crippen LogP contribution >= 0.6 is 0 Å². The van der Waals surface area contributed by atoms with Crippen molar-refractivity contribution >= 4 is 11.4 Å². The van der Waals surface area contributed by atoms with Crippen LogP contribution in [-0.4, -0.2) is 72.9 Å². The van der Waals surface area contributed by atoms with Gasteiger partial charge >= 0.3 is 0 Å². The fraction of sp³-hybridized carbons (Fsp3) is 0.452. The van der Waals surface area contributed by atoms with Crippen molar-refractivity contribution in [1.29, 1.82) is 0 Å². The number of nitrogens with zero attached hydrogens (tertiary/aromatic N) is 4. The monoisotopic (exact) mass is 470 g/mol. The molecule has 186 valence electrons. The van der Waals surface area contributed by atoms with Crippen LogP contribution in [0.15, 0.2) is 71.9 Å². The summed E-state index contributed by atoms with van der Waals surface area (Å²) in [6.45, 7) is 22.3. The summed E-state index contributed by atoms with van der Waals surface area (Å²) in [6.07, 6.45) is 3.03. The average molecular weight is 471 g/mol. The first kappa shape index (κ1) is 25.4. The van der Waals surface area contributed by atoms with E-state index < -0.39 is 0 Å². The van der Waals surface area contributed by atoms with E-state index in [2.05, 4.69) is 104 Å². The Hall–Kier alpha value is -2.69. The van der Waals surface area contributed by atoms with Gasteiger partial charge in [0.2, 0.25) is 0 Å². The molecule has 1 aliphatic heterocycles. The first-order valence-corrected chi connectivity index (χ1v) is 13.3. The first-order chi connectivity index (χ1) is 17.0. The molecule has 2 aromatic rings. The van der Waals surface area contributed by atoms with Crippen LogP contribution in [0.25, 0.3) is 5.57 Å². The number of piperazine rings is 1. The average Bonchev–Trinajstić information content (AvgIpc) is 2.90. The van der Waals surface area contributed by atoms with Gasteiger partial charge in [-0.3, -0.25) is 4.90 Å². The minimum absolute atomic E-state index is 0.342. The molecule has 0 bridgehead atoms. The van der Waals surface area contributed by atoms with Crippen LogP contribution in [0.3, 0.4) is 0 Å². The first-order valence-electron chi connectivity index (χ1n) is 13.3. The summed E-state index contributed by atoms with van der Waals surface area (Å²) in [4.78, 5) is 12.5. The molecule has 4 heteroatoms. The van der Waals surface area contributed by atoms with E-state index in [-0.39, 0.29) is 0 Å². The third-order valence-electron chi connectivity index (χ3n) is 7.90. The third-order valence-corrected chi connectivity index (χ3v) is 7.90. The molecule has 1 atom stereocenters. The van der Waals surface area contributed by atoms with Crippen molar-refractivity contribution in [2.24, 2.45) is 4.99 Å². The topological polar surface area (TPSA) is 22.1 Å². The standard InChI is InChI=1S/C31H42N4/c1-6-33(7-2)16-17-34-18-20-35(21-19-34)26(5)32-23-27-22-31(28-13-9-8-12-24(28)3)30-15-11-10-14-29(30)25(27)4/h8-15,23,31H,4,6-7,16-22H2,1-3,5H3/b27-23-,32-26+. The summed E-state index contributed by atoms with van der Waals surface area (Å²) >= 11 is 0. The highest BCUT2D eigenvalue weighted by Crippen LogP contribution is 2.44. The largest absolute Gasteiger partial charge is 0.358 e. The normalized spacial score (nSPS) is 20.5. The Labute approximate surface area is 212 Å². The number of hydrogen-bond acceptors (Lipinski definition) is 3. The maximum Gasteiger partial charge on any atom is 0.101 e. The van der Waals surface area contributed by atoms with Crippen LogP contribution in [0.4, 0.5) is 0 Å². The molecule has 0 spiro atoms. The van der Waals surface area contributed by atoms with Gasteiger partial charge in [0.1, 0.15) is 5.84 Å². The number of amidine groups is 1. The zero-order valence-corrected chi connectivity index (χ0v) is 22.1. The van der Waals surface area contributed by atoms with Crippen molar-refractivity contribution < 1.29 is 0 Å². The molecule has 0 aromatic heterocycles. The minimum atomic E-state index is 0.342. The number of rotatable bonds is 7. The highest BCUT2D eigenvalue weighted by molar-refractivity contribution is 5.84. The second kappa shape index (κ2) is 11.8. The lowest BCUT2D eigenvalue weighted by atomic mass is 9.74. The number of fused-ring (bicyclic) bond motifs is 1. The molecular weight excluding hydrogens is 428 g/mol. The summed E-state index contributed by atoms with van der Waals surface area (Å²) in [5, 5.41) is 0. The van der Waals surface area contributed by atoms with Crippen LogP contribution in [-0.2, 0) is 0 Å². The molecular formula is C31H42N4. The molecule has 35 heavy (non-hydrogen) atoms. The summed E-state index contributed by atoms with van der Waals surface area (Å²) in [5.74, 6) is 1.45. The molecule has 2 aliphatic rings. The van der Waals surface area contributed by atoms with Crippen LogP contribution in [0.1, 0.15) is 55.4 Å². The van der Waals surface area contributed by atoms with E-state index in [0.29, 0.717) is 5.92 Å². The Balaban J connectivity index is 1.46. The maximum atomic E-state index is 4.96. The van der Waals surface area contributed by atoms with E-state index in [0.717, 1.165) is 70.2 Å². The Morgan fingerprint density at radius 2 is 1.66 bits per heavy atom. The lowest BCUT2D eigenvalue weighted by Gasteiger charge is -2.36. The maximum absolute atomic E-state index is 4.96. The van der Waals surface area contributed by atoms with E-state index in [1.807, 2.05) is 0 Å². The number of benzene rings is 2.